The van der Waals surface area contributed by atoms with E-state index in [4.69, 9.17) is 9.97 Å². The third-order valence-corrected chi connectivity index (χ3v) is 5.96. The first kappa shape index (κ1) is 19.8. The Bertz CT molecular complexity index is 1070. The molecule has 29 heavy (non-hydrogen) atoms. The lowest BCUT2D eigenvalue weighted by molar-refractivity contribution is 0.0946. The van der Waals surface area contributed by atoms with Crippen LogP contribution in [-0.2, 0) is 6.42 Å². The van der Waals surface area contributed by atoms with Gasteiger partial charge in [-0.2, -0.15) is 11.8 Å². The van der Waals surface area contributed by atoms with Gasteiger partial charge in [-0.1, -0.05) is 12.1 Å². The van der Waals surface area contributed by atoms with Gasteiger partial charge in [0.05, 0.1) is 16.8 Å². The highest BCUT2D eigenvalue weighted by Crippen LogP contribution is 2.31. The third kappa shape index (κ3) is 3.96. The summed E-state index contributed by atoms with van der Waals surface area (Å²) >= 11 is 1.85. The molecule has 152 valence electrons. The zero-order valence-electron chi connectivity index (χ0n) is 17.3. The number of aryl methyl sites for hydroxylation is 1. The fourth-order valence-electron chi connectivity index (χ4n) is 3.68. The van der Waals surface area contributed by atoms with Crippen molar-refractivity contribution in [3.8, 4) is 11.3 Å². The van der Waals surface area contributed by atoms with Crippen LogP contribution >= 0.6 is 11.8 Å². The van der Waals surface area contributed by atoms with Gasteiger partial charge in [0.25, 0.3) is 5.91 Å². The molecule has 3 heterocycles. The van der Waals surface area contributed by atoms with Crippen LogP contribution in [0.5, 0.6) is 0 Å². The molecule has 0 saturated heterocycles. The Hall–Kier alpha value is -2.54. The second-order valence-electron chi connectivity index (χ2n) is 8.16. The Labute approximate surface area is 175 Å². The molecule has 3 aromatic rings. The number of nitrogens with zero attached hydrogens (tertiary/aromatic N) is 2. The van der Waals surface area contributed by atoms with E-state index in [2.05, 4.69) is 35.7 Å². The smallest absolute Gasteiger partial charge is 0.253 e. The van der Waals surface area contributed by atoms with Gasteiger partial charge in [-0.05, 0) is 51.3 Å². The van der Waals surface area contributed by atoms with Gasteiger partial charge in [0.15, 0.2) is 0 Å². The second-order valence-corrected chi connectivity index (χ2v) is 9.15. The molecule has 4 rings (SSSR count). The lowest BCUT2D eigenvalue weighted by Gasteiger charge is -2.27. The number of H-pyrrole nitrogens is 1. The van der Waals surface area contributed by atoms with Crippen LogP contribution in [0.4, 0.5) is 5.82 Å². The number of aromatic nitrogens is 3. The SMILES string of the molecule is CSCCC(C)(C)Nc1nc2c(-c3cc4c([nH]3)CCNC4=O)cccc2nc1C. The minimum absolute atomic E-state index is 0.0196. The van der Waals surface area contributed by atoms with Crippen LogP contribution in [0.15, 0.2) is 24.3 Å². The first-order chi connectivity index (χ1) is 13.9. The van der Waals surface area contributed by atoms with E-state index >= 15 is 0 Å². The molecule has 0 unspecified atom stereocenters. The van der Waals surface area contributed by atoms with Crippen LogP contribution in [-0.4, -0.2) is 45.0 Å². The minimum atomic E-state index is -0.0747. The molecule has 0 spiro atoms. The van der Waals surface area contributed by atoms with E-state index in [0.29, 0.717) is 6.54 Å². The first-order valence-electron chi connectivity index (χ1n) is 9.93. The molecule has 0 fully saturated rings. The van der Waals surface area contributed by atoms with E-state index < -0.39 is 0 Å². The van der Waals surface area contributed by atoms with Crippen LogP contribution in [0.3, 0.4) is 0 Å². The zero-order valence-corrected chi connectivity index (χ0v) is 18.2. The second kappa shape index (κ2) is 7.71. The van der Waals surface area contributed by atoms with Crippen molar-refractivity contribution in [2.24, 2.45) is 0 Å². The predicted molar refractivity (Wildman–Crippen MR) is 121 cm³/mol. The first-order valence-corrected chi connectivity index (χ1v) is 11.3. The van der Waals surface area contributed by atoms with Crippen molar-refractivity contribution in [1.29, 1.82) is 0 Å². The molecule has 0 atom stereocenters. The van der Waals surface area contributed by atoms with Crippen LogP contribution < -0.4 is 10.6 Å². The number of carbonyl (C=O) groups excluding carboxylic acids is 1. The molecule has 3 N–H and O–H groups in total. The van der Waals surface area contributed by atoms with Crippen LogP contribution in [0.25, 0.3) is 22.3 Å². The number of carbonyl (C=O) groups is 1. The molecule has 1 amide bonds. The highest BCUT2D eigenvalue weighted by molar-refractivity contribution is 7.98. The molecule has 2 aromatic heterocycles. The molecule has 6 nitrogen and oxygen atoms in total. The summed E-state index contributed by atoms with van der Waals surface area (Å²) in [6.07, 6.45) is 3.97. The molecule has 0 aliphatic carbocycles. The minimum Gasteiger partial charge on any atom is -0.364 e. The predicted octanol–water partition coefficient (Wildman–Crippen LogP) is 4.16. The maximum Gasteiger partial charge on any atom is 0.253 e. The number of nitrogens with one attached hydrogen (secondary N) is 3. The van der Waals surface area contributed by atoms with Gasteiger partial charge in [-0.25, -0.2) is 9.97 Å². The lowest BCUT2D eigenvalue weighted by atomic mass is 10.0. The van der Waals surface area contributed by atoms with E-state index in [0.717, 1.165) is 63.7 Å². The van der Waals surface area contributed by atoms with Crippen molar-refractivity contribution < 1.29 is 4.79 Å². The molecule has 1 aromatic carbocycles. The Morgan fingerprint density at radius 3 is 2.83 bits per heavy atom. The molecular weight excluding hydrogens is 382 g/mol. The van der Waals surface area contributed by atoms with Gasteiger partial charge in [0, 0.05) is 35.5 Å². The molecule has 1 aliphatic heterocycles. The van der Waals surface area contributed by atoms with Gasteiger partial charge < -0.3 is 15.6 Å². The molecule has 0 radical (unpaired) electrons. The average Bonchev–Trinajstić information content (AvgIpc) is 3.12. The monoisotopic (exact) mass is 409 g/mol. The van der Waals surface area contributed by atoms with E-state index in [-0.39, 0.29) is 11.4 Å². The average molecular weight is 410 g/mol. The van der Waals surface area contributed by atoms with Crippen molar-refractivity contribution in [1.82, 2.24) is 20.3 Å². The number of benzene rings is 1. The largest absolute Gasteiger partial charge is 0.364 e. The van der Waals surface area contributed by atoms with Crippen molar-refractivity contribution in [2.45, 2.75) is 39.2 Å². The Balaban J connectivity index is 1.77. The molecule has 7 heteroatoms. The number of amides is 1. The lowest BCUT2D eigenvalue weighted by Crippen LogP contribution is -2.32. The summed E-state index contributed by atoms with van der Waals surface area (Å²) in [5, 5.41) is 6.49. The fourth-order valence-corrected chi connectivity index (χ4v) is 4.39. The molecule has 0 saturated carbocycles. The van der Waals surface area contributed by atoms with Crippen LogP contribution in [0, 0.1) is 6.92 Å². The fraction of sp³-hybridized carbons (Fsp3) is 0.409. The highest BCUT2D eigenvalue weighted by Gasteiger charge is 2.22. The van der Waals surface area contributed by atoms with E-state index in [1.54, 1.807) is 0 Å². The maximum atomic E-state index is 12.2. The van der Waals surface area contributed by atoms with Crippen molar-refractivity contribution in [3.05, 3.63) is 41.2 Å². The summed E-state index contributed by atoms with van der Waals surface area (Å²) in [6, 6.07) is 7.93. The van der Waals surface area contributed by atoms with Gasteiger partial charge in [-0.3, -0.25) is 4.79 Å². The van der Waals surface area contributed by atoms with Crippen molar-refractivity contribution in [3.63, 3.8) is 0 Å². The zero-order chi connectivity index (χ0) is 20.6. The number of thioether (sulfide) groups is 1. The summed E-state index contributed by atoms with van der Waals surface area (Å²) < 4.78 is 0. The Morgan fingerprint density at radius 2 is 2.07 bits per heavy atom. The van der Waals surface area contributed by atoms with Gasteiger partial charge in [0.1, 0.15) is 11.3 Å². The summed E-state index contributed by atoms with van der Waals surface area (Å²) in [7, 11) is 0. The number of anilines is 1. The van der Waals surface area contributed by atoms with Crippen LogP contribution in [0.1, 0.15) is 42.0 Å². The van der Waals surface area contributed by atoms with Gasteiger partial charge in [0.2, 0.25) is 0 Å². The number of aromatic amines is 1. The molecule has 1 aliphatic rings. The van der Waals surface area contributed by atoms with Crippen molar-refractivity contribution >= 4 is 34.5 Å². The number of para-hydroxylation sites is 1. The summed E-state index contributed by atoms with van der Waals surface area (Å²) in [4.78, 5) is 25.4. The summed E-state index contributed by atoms with van der Waals surface area (Å²) in [5.41, 5.74) is 6.07. The van der Waals surface area contributed by atoms with Gasteiger partial charge in [-0.15, -0.1) is 0 Å². The number of hydrogen-bond donors (Lipinski definition) is 3. The topological polar surface area (TPSA) is 82.7 Å². The number of hydrogen-bond acceptors (Lipinski definition) is 5. The third-order valence-electron chi connectivity index (χ3n) is 5.35. The number of rotatable bonds is 6. The Morgan fingerprint density at radius 1 is 1.24 bits per heavy atom. The van der Waals surface area contributed by atoms with Gasteiger partial charge >= 0.3 is 0 Å². The number of fused-ring (bicyclic) bond motifs is 2. The van der Waals surface area contributed by atoms with E-state index in [9.17, 15) is 4.79 Å². The maximum absolute atomic E-state index is 12.2. The molecule has 0 bridgehead atoms. The quantitative estimate of drug-likeness (QED) is 0.569. The van der Waals surface area contributed by atoms with E-state index in [1.807, 2.05) is 43.0 Å². The summed E-state index contributed by atoms with van der Waals surface area (Å²) in [6.45, 7) is 7.04. The van der Waals surface area contributed by atoms with E-state index in [1.165, 1.54) is 0 Å². The van der Waals surface area contributed by atoms with Crippen LogP contribution in [0.2, 0.25) is 0 Å². The highest BCUT2D eigenvalue weighted by atomic mass is 32.2. The normalized spacial score (nSPS) is 14.0. The van der Waals surface area contributed by atoms with Crippen molar-refractivity contribution in [2.75, 3.05) is 23.9 Å². The summed E-state index contributed by atoms with van der Waals surface area (Å²) in [5.74, 6) is 1.88. The Kier molecular flexibility index (Phi) is 5.25. The standard InChI is InChI=1S/C22H27N5OS/c1-13-20(27-22(2,3)9-11-29-4)26-19-14(6-5-7-17(19)24-13)18-12-15-16(25-18)8-10-23-21(15)28/h5-7,12,25H,8-11H2,1-4H3,(H,23,28)(H,26,27). The molecular formula is C22H27N5OS.